The van der Waals surface area contributed by atoms with Gasteiger partial charge < -0.3 is 11.1 Å². The lowest BCUT2D eigenvalue weighted by Crippen LogP contribution is -1.97. The molecule has 0 aromatic carbocycles. The van der Waals surface area contributed by atoms with E-state index in [-0.39, 0.29) is 41.2 Å². The van der Waals surface area contributed by atoms with Gasteiger partial charge in [-0.15, -0.1) is 40.8 Å². The first kappa shape index (κ1) is 29.8. The predicted octanol–water partition coefficient (Wildman–Crippen LogP) is 7.43. The molecule has 0 atom stereocenters. The molecule has 0 radical (unpaired) electrons. The second-order valence-corrected chi connectivity index (χ2v) is 8.98. The van der Waals surface area contributed by atoms with Gasteiger partial charge in [-0.2, -0.15) is 0 Å². The highest BCUT2D eigenvalue weighted by molar-refractivity contribution is 6.42. The third-order valence-electron chi connectivity index (χ3n) is 3.13. The number of nitrogen functional groups attached to an aromatic ring is 1. The van der Waals surface area contributed by atoms with Gasteiger partial charge in [0, 0.05) is 18.2 Å². The van der Waals surface area contributed by atoms with Crippen molar-refractivity contribution in [2.75, 3.05) is 11.1 Å². The van der Waals surface area contributed by atoms with Gasteiger partial charge in [-0.1, -0.05) is 104 Å². The van der Waals surface area contributed by atoms with Crippen LogP contribution in [-0.4, -0.2) is 40.8 Å². The van der Waals surface area contributed by atoms with Crippen LogP contribution in [0.25, 0.3) is 0 Å². The highest BCUT2D eigenvalue weighted by Crippen LogP contribution is 2.29. The summed E-state index contributed by atoms with van der Waals surface area (Å²) in [5.41, 5.74) is 6.53. The minimum absolute atomic E-state index is 0.151. The molecule has 0 saturated heterocycles. The lowest BCUT2D eigenvalue weighted by molar-refractivity contribution is 1.02. The maximum atomic E-state index is 5.83. The summed E-state index contributed by atoms with van der Waals surface area (Å²) in [6.07, 6.45) is 0. The van der Waals surface area contributed by atoms with Crippen LogP contribution < -0.4 is 11.1 Å². The molecular weight excluding hydrogens is 651 g/mol. The lowest BCUT2D eigenvalue weighted by Gasteiger charge is -2.08. The molecule has 0 aliphatic rings. The van der Waals surface area contributed by atoms with Gasteiger partial charge in [-0.25, -0.2) is 0 Å². The fraction of sp³-hybridized carbons (Fsp3) is 0. The Labute approximate surface area is 242 Å². The second-order valence-electron chi connectivity index (χ2n) is 5.59. The maximum absolute atomic E-state index is 5.83. The Morgan fingerprint density at radius 2 is 0.829 bits per heavy atom. The first-order valence-corrected chi connectivity index (χ1v) is 11.8. The number of halogens is 9. The summed E-state index contributed by atoms with van der Waals surface area (Å²) >= 11 is 50.2. The zero-order valence-electron chi connectivity index (χ0n) is 16.4. The number of hydrogen-bond acceptors (Lipinski definition) is 10. The molecule has 0 fully saturated rings. The number of nitrogens with one attached hydrogen (secondary N) is 1. The normalized spacial score (nSPS) is 9.97. The Balaban J connectivity index is 0.000000203. The summed E-state index contributed by atoms with van der Waals surface area (Å²) in [7, 11) is 0. The molecule has 0 amide bonds. The third-order valence-corrected chi connectivity index (χ3v) is 5.38. The van der Waals surface area contributed by atoms with E-state index < -0.39 is 0 Å². The fourth-order valence-electron chi connectivity index (χ4n) is 1.73. The van der Waals surface area contributed by atoms with Crippen LogP contribution in [0.2, 0.25) is 46.2 Å². The highest BCUT2D eigenvalue weighted by atomic mass is 35.5. The van der Waals surface area contributed by atoms with Crippen molar-refractivity contribution in [2.24, 2.45) is 0 Å². The number of nitrogens with two attached hydrogens (primary N) is 1. The maximum Gasteiger partial charge on any atom is 0.175 e. The van der Waals surface area contributed by atoms with Gasteiger partial charge in [0.25, 0.3) is 0 Å². The van der Waals surface area contributed by atoms with Crippen LogP contribution in [-0.2, 0) is 0 Å². The van der Waals surface area contributed by atoms with Gasteiger partial charge in [0.05, 0.1) is 22.1 Å². The summed E-state index contributed by atoms with van der Waals surface area (Å²) in [6.45, 7) is 0. The van der Waals surface area contributed by atoms with Crippen molar-refractivity contribution >= 4 is 121 Å². The summed E-state index contributed by atoms with van der Waals surface area (Å²) < 4.78 is 0. The Morgan fingerprint density at radius 3 is 1.20 bits per heavy atom. The average Bonchev–Trinajstić information content (AvgIpc) is 2.80. The Bertz CT molecular complexity index is 1210. The van der Waals surface area contributed by atoms with Crippen molar-refractivity contribution < 1.29 is 0 Å². The van der Waals surface area contributed by atoms with Crippen molar-refractivity contribution in [1.82, 2.24) is 40.8 Å². The van der Waals surface area contributed by atoms with E-state index in [0.717, 1.165) is 0 Å². The van der Waals surface area contributed by atoms with Gasteiger partial charge in [-0.05, 0) is 6.07 Å². The van der Waals surface area contributed by atoms with Crippen molar-refractivity contribution in [3.05, 3.63) is 70.5 Å². The van der Waals surface area contributed by atoms with E-state index in [1.54, 1.807) is 0 Å². The first-order valence-electron chi connectivity index (χ1n) is 8.39. The number of aromatic nitrogens is 8. The van der Waals surface area contributed by atoms with Crippen LogP contribution in [0.15, 0.2) is 24.3 Å². The van der Waals surface area contributed by atoms with Crippen LogP contribution in [0.5, 0.6) is 0 Å². The smallest absolute Gasteiger partial charge is 0.175 e. The van der Waals surface area contributed by atoms with Gasteiger partial charge in [0.2, 0.25) is 0 Å². The molecule has 0 spiro atoms. The lowest BCUT2D eigenvalue weighted by atomic mass is 10.4. The second kappa shape index (κ2) is 14.3. The molecule has 0 unspecified atom stereocenters. The minimum atomic E-state index is 0.151. The van der Waals surface area contributed by atoms with Crippen molar-refractivity contribution in [1.29, 1.82) is 0 Å². The third kappa shape index (κ3) is 10.2. The molecule has 0 saturated carbocycles. The summed E-state index contributed by atoms with van der Waals surface area (Å²) in [5.74, 6) is 0. The first-order chi connectivity index (χ1) is 16.5. The number of hydrogen-bond donors (Lipinski definition) is 2. The molecule has 19 heteroatoms. The molecule has 10 nitrogen and oxygen atoms in total. The zero-order chi connectivity index (χ0) is 26.1. The molecule has 35 heavy (non-hydrogen) atoms. The summed E-state index contributed by atoms with van der Waals surface area (Å²) in [4.78, 5) is 0. The molecule has 0 bridgehead atoms. The van der Waals surface area contributed by atoms with Crippen LogP contribution in [0.1, 0.15) is 0 Å². The van der Waals surface area contributed by atoms with Crippen LogP contribution >= 0.6 is 104 Å². The molecule has 184 valence electrons. The van der Waals surface area contributed by atoms with E-state index in [2.05, 4.69) is 46.1 Å². The van der Waals surface area contributed by atoms with Gasteiger partial charge in [-0.3, -0.25) is 0 Å². The van der Waals surface area contributed by atoms with E-state index in [1.807, 2.05) is 0 Å². The Morgan fingerprint density at radius 1 is 0.457 bits per heavy atom. The molecule has 4 aromatic rings. The topological polar surface area (TPSA) is 141 Å². The highest BCUT2D eigenvalue weighted by Gasteiger charge is 2.09. The standard InChI is InChI=1S/C8H3Cl4N5.C4HCl3N2.C4H3Cl2N3/c9-5-1-3(7(11)16-14-5)13-4-2-6(10)15-17-8(4)12;5-2-1-3(6)8-9-4(2)7;5-3-1-2(7)4(6)9-8-3/h1-2H,(H,13,14,15);1H;1H,(H2,7,8). The van der Waals surface area contributed by atoms with Crippen LogP contribution in [0, 0.1) is 0 Å². The van der Waals surface area contributed by atoms with Gasteiger partial charge >= 0.3 is 0 Å². The fourth-order valence-corrected chi connectivity index (χ4v) is 2.98. The minimum Gasteiger partial charge on any atom is -0.396 e. The average molecular weight is 658 g/mol. The van der Waals surface area contributed by atoms with E-state index in [4.69, 9.17) is 110 Å². The Kier molecular flexibility index (Phi) is 12.2. The molecule has 4 aromatic heterocycles. The molecule has 0 aliphatic heterocycles. The zero-order valence-corrected chi connectivity index (χ0v) is 23.2. The molecule has 4 rings (SSSR count). The molecule has 4 heterocycles. The van der Waals surface area contributed by atoms with Crippen molar-refractivity contribution in [3.63, 3.8) is 0 Å². The number of rotatable bonds is 2. The molecule has 0 aliphatic carbocycles. The van der Waals surface area contributed by atoms with E-state index in [0.29, 0.717) is 22.1 Å². The largest absolute Gasteiger partial charge is 0.396 e. The van der Waals surface area contributed by atoms with Crippen LogP contribution in [0.4, 0.5) is 17.1 Å². The van der Waals surface area contributed by atoms with E-state index >= 15 is 0 Å². The Hall–Kier alpha value is -1.47. The van der Waals surface area contributed by atoms with Gasteiger partial charge in [0.15, 0.2) is 41.2 Å². The predicted molar refractivity (Wildman–Crippen MR) is 141 cm³/mol. The van der Waals surface area contributed by atoms with Crippen molar-refractivity contribution in [2.45, 2.75) is 0 Å². The van der Waals surface area contributed by atoms with E-state index in [1.165, 1.54) is 24.3 Å². The monoisotopic (exact) mass is 654 g/mol. The molecule has 3 N–H and O–H groups in total. The van der Waals surface area contributed by atoms with Gasteiger partial charge in [0.1, 0.15) is 0 Å². The van der Waals surface area contributed by atoms with E-state index in [9.17, 15) is 0 Å². The van der Waals surface area contributed by atoms with Crippen molar-refractivity contribution in [3.8, 4) is 0 Å². The number of nitrogens with zero attached hydrogens (tertiary/aromatic N) is 8. The SMILES string of the molecule is Clc1cc(Cl)c(Cl)nn1.Clc1cc(Nc2cc(Cl)nnc2Cl)c(Cl)nn1.Nc1cc(Cl)nnc1Cl. The summed E-state index contributed by atoms with van der Waals surface area (Å²) in [6, 6.07) is 5.87. The van der Waals surface area contributed by atoms with Crippen LogP contribution in [0.3, 0.4) is 0 Å². The molecular formula is C16H7Cl9N10. The number of anilines is 3. The quantitative estimate of drug-likeness (QED) is 0.223. The summed E-state index contributed by atoms with van der Waals surface area (Å²) in [5, 5.41) is 32.9.